The smallest absolute Gasteiger partial charge is 1.00 e. The second-order valence-electron chi connectivity index (χ2n) is 0.448. The van der Waals surface area contributed by atoms with E-state index in [1.54, 1.807) is 0 Å². The van der Waals surface area contributed by atoms with Crippen LogP contribution in [0.15, 0.2) is 0 Å². The summed E-state index contributed by atoms with van der Waals surface area (Å²) < 4.78 is 31.6. The Morgan fingerprint density at radius 2 is 1.25 bits per heavy atom. The first kappa shape index (κ1) is 22.4. The quantitative estimate of drug-likeness (QED) is 0.344. The number of rotatable bonds is 0. The van der Waals surface area contributed by atoms with Gasteiger partial charge in [-0.25, -0.2) is 0 Å². The Morgan fingerprint density at radius 3 is 1.25 bits per heavy atom. The maximum atomic E-state index is 8.74. The molecule has 8 heteroatoms. The summed E-state index contributed by atoms with van der Waals surface area (Å²) in [6, 6.07) is 0. The maximum absolute atomic E-state index is 8.74. The predicted octanol–water partition coefficient (Wildman–Crippen LogP) is -4.52. The van der Waals surface area contributed by atoms with Gasteiger partial charge < -0.3 is 9.76 Å². The van der Waals surface area contributed by atoms with E-state index in [0.29, 0.717) is 0 Å². The first-order valence-electron chi connectivity index (χ1n) is 0.698. The van der Waals surface area contributed by atoms with Crippen molar-refractivity contribution in [3.63, 3.8) is 0 Å². The molecule has 0 aliphatic rings. The van der Waals surface area contributed by atoms with Gasteiger partial charge in [0, 0.05) is 0 Å². The van der Waals surface area contributed by atoms with Gasteiger partial charge in [-0.15, -0.1) is 0 Å². The van der Waals surface area contributed by atoms with Crippen LogP contribution in [0.1, 0.15) is 4.28 Å². The van der Waals surface area contributed by atoms with Crippen LogP contribution in [0.2, 0.25) is 0 Å². The average Bonchev–Trinajstić information content (AvgIpc) is 0.722. The van der Waals surface area contributed by atoms with Crippen molar-refractivity contribution in [1.29, 1.82) is 0 Å². The van der Waals surface area contributed by atoms with Crippen molar-refractivity contribution in [3.8, 4) is 0 Å². The fourth-order valence-corrected chi connectivity index (χ4v) is 0. The van der Waals surface area contributed by atoms with Gasteiger partial charge in [0.25, 0.3) is 0 Å². The molecule has 0 fully saturated rings. The minimum atomic E-state index is -4.67. The van der Waals surface area contributed by atoms with Gasteiger partial charge >= 0.3 is 88.8 Å². The van der Waals surface area contributed by atoms with Crippen LogP contribution in [0.4, 0.5) is 0 Å². The molecule has 0 aromatic heterocycles. The summed E-state index contributed by atoms with van der Waals surface area (Å²) in [6.45, 7) is 0. The minimum absolute atomic E-state index is 0. The number of hydrogen-bond donors (Lipinski definition) is 2. The van der Waals surface area contributed by atoms with Gasteiger partial charge in [-0.2, -0.15) is 8.42 Å². The third kappa shape index (κ3) is 79.8. The molecule has 0 heterocycles. The standard InChI is InChI=1S/Ba.Na.H2O4S.H2O.3H/c;;1-5(2,3)4;;;;/h;;(H2,1,2,3,4);1H2;;;/q+2;+1;;;3*-1. The van der Waals surface area contributed by atoms with Crippen molar-refractivity contribution in [1.82, 2.24) is 0 Å². The molecule has 8 heavy (non-hydrogen) atoms. The molecule has 4 N–H and O–H groups in total. The molecular formula is H7BaNaO5S. The van der Waals surface area contributed by atoms with E-state index in [1.165, 1.54) is 0 Å². The van der Waals surface area contributed by atoms with Crippen LogP contribution in [0.5, 0.6) is 0 Å². The van der Waals surface area contributed by atoms with Gasteiger partial charge in [-0.3, -0.25) is 9.11 Å². The fourth-order valence-electron chi connectivity index (χ4n) is 0. The Labute approximate surface area is 114 Å². The molecule has 0 atom stereocenters. The first-order valence-corrected chi connectivity index (χ1v) is 2.10. The molecule has 0 radical (unpaired) electrons. The van der Waals surface area contributed by atoms with E-state index in [1.807, 2.05) is 0 Å². The summed E-state index contributed by atoms with van der Waals surface area (Å²) >= 11 is 0. The first-order chi connectivity index (χ1) is 2.00. The zero-order valence-corrected chi connectivity index (χ0v) is 11.6. The van der Waals surface area contributed by atoms with Gasteiger partial charge in [0.05, 0.1) is 0 Å². The second kappa shape index (κ2) is 9.40. The van der Waals surface area contributed by atoms with E-state index in [0.717, 1.165) is 0 Å². The topological polar surface area (TPSA) is 106 Å². The molecule has 0 amide bonds. The van der Waals surface area contributed by atoms with Gasteiger partial charge in [-0.05, 0) is 0 Å². The summed E-state index contributed by atoms with van der Waals surface area (Å²) in [6.07, 6.45) is 0. The Hall–Kier alpha value is 2.40. The van der Waals surface area contributed by atoms with Gasteiger partial charge in [0.2, 0.25) is 0 Å². The van der Waals surface area contributed by atoms with E-state index < -0.39 is 10.4 Å². The van der Waals surface area contributed by atoms with E-state index in [-0.39, 0.29) is 88.2 Å². The predicted molar refractivity (Wildman–Crippen MR) is 26.9 cm³/mol. The largest absolute Gasteiger partial charge is 2.00 e. The van der Waals surface area contributed by atoms with Gasteiger partial charge in [0.1, 0.15) is 0 Å². The van der Waals surface area contributed by atoms with E-state index >= 15 is 0 Å². The van der Waals surface area contributed by atoms with E-state index in [4.69, 9.17) is 17.5 Å². The summed E-state index contributed by atoms with van der Waals surface area (Å²) in [5.74, 6) is 0. The monoisotopic (exact) mass is 280 g/mol. The van der Waals surface area contributed by atoms with Crippen molar-refractivity contribution in [2.75, 3.05) is 0 Å². The van der Waals surface area contributed by atoms with Crippen LogP contribution < -0.4 is 29.6 Å². The molecule has 0 saturated carbocycles. The van der Waals surface area contributed by atoms with Crippen molar-refractivity contribution in [3.05, 3.63) is 0 Å². The molecule has 0 spiro atoms. The van der Waals surface area contributed by atoms with Crippen molar-refractivity contribution < 1.29 is 56.8 Å². The fraction of sp³-hybridized carbons (Fsp3) is 0. The third-order valence-electron chi connectivity index (χ3n) is 0. The summed E-state index contributed by atoms with van der Waals surface area (Å²) in [7, 11) is -4.67. The Bertz CT molecular complexity index is 105. The second-order valence-corrected chi connectivity index (χ2v) is 1.34. The Morgan fingerprint density at radius 1 is 1.25 bits per heavy atom. The Balaban J connectivity index is -0.00000000533. The van der Waals surface area contributed by atoms with Gasteiger partial charge in [-0.1, -0.05) is 0 Å². The average molecular weight is 279 g/mol. The molecule has 0 bridgehead atoms. The van der Waals surface area contributed by atoms with Gasteiger partial charge in [0.15, 0.2) is 0 Å². The molecule has 0 aromatic rings. The zero-order valence-electron chi connectivity index (χ0n) is 7.33. The van der Waals surface area contributed by atoms with Crippen molar-refractivity contribution in [2.45, 2.75) is 0 Å². The van der Waals surface area contributed by atoms with Crippen LogP contribution in [0, 0.1) is 0 Å². The normalized spacial score (nSPS) is 7.25. The van der Waals surface area contributed by atoms with Crippen LogP contribution >= 0.6 is 0 Å². The molecule has 0 aliphatic carbocycles. The van der Waals surface area contributed by atoms with E-state index in [2.05, 4.69) is 0 Å². The van der Waals surface area contributed by atoms with Crippen LogP contribution in [0.25, 0.3) is 0 Å². The Kier molecular flexibility index (Phi) is 26.4. The molecule has 0 unspecified atom stereocenters. The molecule has 0 rings (SSSR count). The zero-order chi connectivity index (χ0) is 4.50. The molecule has 46 valence electrons. The van der Waals surface area contributed by atoms with Crippen molar-refractivity contribution >= 4 is 59.3 Å². The van der Waals surface area contributed by atoms with E-state index in [9.17, 15) is 0 Å². The summed E-state index contributed by atoms with van der Waals surface area (Å²) in [4.78, 5) is 0. The molecule has 5 nitrogen and oxygen atoms in total. The minimum Gasteiger partial charge on any atom is -1.00 e. The summed E-state index contributed by atoms with van der Waals surface area (Å²) in [5, 5.41) is 0. The molecule has 0 aliphatic heterocycles. The van der Waals surface area contributed by atoms with Crippen LogP contribution in [-0.4, -0.2) is 71.9 Å². The van der Waals surface area contributed by atoms with Crippen LogP contribution in [0.3, 0.4) is 0 Å². The molecule has 0 saturated heterocycles. The number of hydrogen-bond acceptors (Lipinski definition) is 2. The third-order valence-corrected chi connectivity index (χ3v) is 0. The SMILES string of the molecule is O.O=S(=O)(O)O.[Ba+2].[H-].[H-].[H-].[Na+]. The maximum Gasteiger partial charge on any atom is 2.00 e. The molecule has 0 aromatic carbocycles. The van der Waals surface area contributed by atoms with Crippen molar-refractivity contribution in [2.24, 2.45) is 0 Å². The summed E-state index contributed by atoms with van der Waals surface area (Å²) in [5.41, 5.74) is 0. The van der Waals surface area contributed by atoms with Crippen LogP contribution in [-0.2, 0) is 10.4 Å². The molecular weight excluding hydrogens is 272 g/mol.